The van der Waals surface area contributed by atoms with Crippen molar-refractivity contribution in [1.29, 1.82) is 0 Å². The molecule has 1 aliphatic rings. The van der Waals surface area contributed by atoms with Gasteiger partial charge in [0.25, 0.3) is 0 Å². The van der Waals surface area contributed by atoms with E-state index in [1.54, 1.807) is 23.5 Å². The molecule has 0 amide bonds. The van der Waals surface area contributed by atoms with Crippen LogP contribution in [0.1, 0.15) is 35.6 Å². The Morgan fingerprint density at radius 2 is 1.55 bits per heavy atom. The Kier molecular flexibility index (Phi) is 7.36. The molecule has 1 fully saturated rings. The summed E-state index contributed by atoms with van der Waals surface area (Å²) in [5.74, 6) is 1.92. The highest BCUT2D eigenvalue weighted by Crippen LogP contribution is 2.40. The number of hydrogen-bond donors (Lipinski definition) is 0. The summed E-state index contributed by atoms with van der Waals surface area (Å²) in [6, 6.07) is 21.5. The van der Waals surface area contributed by atoms with E-state index in [4.69, 9.17) is 14.2 Å². The first-order chi connectivity index (χ1) is 18.4. The van der Waals surface area contributed by atoms with Gasteiger partial charge in [0.15, 0.2) is 0 Å². The van der Waals surface area contributed by atoms with Crippen molar-refractivity contribution in [1.82, 2.24) is 8.87 Å². The molecule has 38 heavy (non-hydrogen) atoms. The Balaban J connectivity index is 1.42. The first-order valence-corrected chi connectivity index (χ1v) is 14.2. The number of hydrogen-bond acceptors (Lipinski definition) is 5. The average Bonchev–Trinajstić information content (AvgIpc) is 3.23. The quantitative estimate of drug-likeness (QED) is 0.295. The van der Waals surface area contributed by atoms with Crippen LogP contribution < -0.4 is 14.2 Å². The SMILES string of the molecule is COc1cccc(Cn2c(C)c(C3CCN(S(=O)(=O)c4cc(OC)ccc4OC)CC3)c3ccccc32)c1. The van der Waals surface area contributed by atoms with Crippen LogP contribution in [0, 0.1) is 6.92 Å². The second-order valence-corrected chi connectivity index (χ2v) is 11.6. The molecule has 5 rings (SSSR count). The highest BCUT2D eigenvalue weighted by atomic mass is 32.2. The second kappa shape index (κ2) is 10.7. The zero-order valence-electron chi connectivity index (χ0n) is 22.3. The number of aromatic nitrogens is 1. The highest BCUT2D eigenvalue weighted by molar-refractivity contribution is 7.89. The lowest BCUT2D eigenvalue weighted by Crippen LogP contribution is -2.38. The van der Waals surface area contributed by atoms with Crippen LogP contribution in [0.3, 0.4) is 0 Å². The number of ether oxygens (including phenoxy) is 3. The van der Waals surface area contributed by atoms with Crippen LogP contribution in [0.25, 0.3) is 10.9 Å². The summed E-state index contributed by atoms with van der Waals surface area (Å²) in [5.41, 5.74) is 4.91. The second-order valence-electron chi connectivity index (χ2n) is 9.65. The number of para-hydroxylation sites is 1. The molecule has 4 aromatic rings. The number of benzene rings is 3. The van der Waals surface area contributed by atoms with Crippen molar-refractivity contribution >= 4 is 20.9 Å². The maximum absolute atomic E-state index is 13.6. The number of rotatable bonds is 8. The van der Waals surface area contributed by atoms with Crippen molar-refractivity contribution in [2.45, 2.75) is 37.1 Å². The monoisotopic (exact) mass is 534 g/mol. The van der Waals surface area contributed by atoms with Crippen molar-refractivity contribution in [2.75, 3.05) is 34.4 Å². The molecule has 200 valence electrons. The zero-order chi connectivity index (χ0) is 26.9. The number of nitrogens with zero attached hydrogens (tertiary/aromatic N) is 2. The minimum absolute atomic E-state index is 0.142. The summed E-state index contributed by atoms with van der Waals surface area (Å²) in [4.78, 5) is 0.142. The average molecular weight is 535 g/mol. The molecule has 0 aliphatic carbocycles. The lowest BCUT2D eigenvalue weighted by atomic mass is 9.88. The van der Waals surface area contributed by atoms with E-state index in [1.807, 2.05) is 12.1 Å². The Morgan fingerprint density at radius 1 is 0.842 bits per heavy atom. The maximum Gasteiger partial charge on any atom is 0.246 e. The smallest absolute Gasteiger partial charge is 0.246 e. The molecule has 0 spiro atoms. The van der Waals surface area contributed by atoms with E-state index in [9.17, 15) is 8.42 Å². The van der Waals surface area contributed by atoms with Crippen molar-refractivity contribution < 1.29 is 22.6 Å². The van der Waals surface area contributed by atoms with Gasteiger partial charge in [-0.05, 0) is 67.1 Å². The van der Waals surface area contributed by atoms with Crippen LogP contribution >= 0.6 is 0 Å². The van der Waals surface area contributed by atoms with Crippen molar-refractivity contribution in [3.8, 4) is 17.2 Å². The van der Waals surface area contributed by atoms with Gasteiger partial charge < -0.3 is 18.8 Å². The molecular formula is C30H34N2O5S. The number of methoxy groups -OCH3 is 3. The fourth-order valence-corrected chi connectivity index (χ4v) is 7.28. The fourth-order valence-electron chi connectivity index (χ4n) is 5.64. The third kappa shape index (κ3) is 4.74. The maximum atomic E-state index is 13.6. The van der Waals surface area contributed by atoms with Gasteiger partial charge in [-0.3, -0.25) is 0 Å². The topological polar surface area (TPSA) is 70.0 Å². The van der Waals surface area contributed by atoms with Gasteiger partial charge in [0.2, 0.25) is 10.0 Å². The van der Waals surface area contributed by atoms with Crippen molar-refractivity contribution in [3.05, 3.63) is 83.6 Å². The van der Waals surface area contributed by atoms with E-state index in [0.29, 0.717) is 24.6 Å². The Hall–Kier alpha value is -3.49. The summed E-state index contributed by atoms with van der Waals surface area (Å²) in [5, 5.41) is 1.24. The lowest BCUT2D eigenvalue weighted by Gasteiger charge is -2.32. The van der Waals surface area contributed by atoms with Gasteiger partial charge in [0, 0.05) is 42.3 Å². The molecular weight excluding hydrogens is 500 g/mol. The fraction of sp³-hybridized carbons (Fsp3) is 0.333. The summed E-state index contributed by atoms with van der Waals surface area (Å²) >= 11 is 0. The molecule has 0 atom stereocenters. The van der Waals surface area contributed by atoms with Crippen molar-refractivity contribution in [3.63, 3.8) is 0 Å². The normalized spacial score (nSPS) is 15.1. The molecule has 1 aliphatic heterocycles. The molecule has 0 bridgehead atoms. The molecule has 7 nitrogen and oxygen atoms in total. The summed E-state index contributed by atoms with van der Waals surface area (Å²) in [6.07, 6.45) is 1.50. The molecule has 1 aromatic heterocycles. The molecule has 0 unspecified atom stereocenters. The van der Waals surface area contributed by atoms with Gasteiger partial charge in [-0.2, -0.15) is 4.31 Å². The molecule has 0 radical (unpaired) electrons. The van der Waals surface area contributed by atoms with E-state index < -0.39 is 10.0 Å². The van der Waals surface area contributed by atoms with Gasteiger partial charge in [0.1, 0.15) is 22.1 Å². The van der Waals surface area contributed by atoms with Gasteiger partial charge in [-0.15, -0.1) is 0 Å². The van der Waals surface area contributed by atoms with E-state index >= 15 is 0 Å². The van der Waals surface area contributed by atoms with Crippen LogP contribution in [-0.2, 0) is 16.6 Å². The Bertz CT molecular complexity index is 1550. The largest absolute Gasteiger partial charge is 0.497 e. The van der Waals surface area contributed by atoms with Crippen LogP contribution in [0.4, 0.5) is 0 Å². The van der Waals surface area contributed by atoms with E-state index in [-0.39, 0.29) is 10.8 Å². The lowest BCUT2D eigenvalue weighted by molar-refractivity contribution is 0.317. The molecule has 0 saturated carbocycles. The van der Waals surface area contributed by atoms with Crippen LogP contribution in [-0.4, -0.2) is 51.7 Å². The summed E-state index contributed by atoms with van der Waals surface area (Å²) < 4.78 is 47.2. The van der Waals surface area contributed by atoms with Crippen LogP contribution in [0.2, 0.25) is 0 Å². The molecule has 1 saturated heterocycles. The number of fused-ring (bicyclic) bond motifs is 1. The number of piperidine rings is 1. The minimum Gasteiger partial charge on any atom is -0.497 e. The van der Waals surface area contributed by atoms with Gasteiger partial charge in [-0.25, -0.2) is 8.42 Å². The predicted octanol–water partition coefficient (Wildman–Crippen LogP) is 5.59. The van der Waals surface area contributed by atoms with Gasteiger partial charge >= 0.3 is 0 Å². The molecule has 3 aromatic carbocycles. The zero-order valence-corrected chi connectivity index (χ0v) is 23.1. The van der Waals surface area contributed by atoms with Gasteiger partial charge in [0.05, 0.1) is 21.3 Å². The van der Waals surface area contributed by atoms with E-state index in [1.165, 1.54) is 48.0 Å². The minimum atomic E-state index is -3.73. The van der Waals surface area contributed by atoms with Crippen LogP contribution in [0.5, 0.6) is 17.2 Å². The van der Waals surface area contributed by atoms with E-state index in [0.717, 1.165) is 25.1 Å². The molecule has 8 heteroatoms. The first-order valence-electron chi connectivity index (χ1n) is 12.8. The first kappa shape index (κ1) is 26.1. The standard InChI is InChI=1S/C30H34N2O5S/c1-21-30(26-10-5-6-11-27(26)32(21)20-22-8-7-9-24(18-22)35-2)23-14-16-31(17-15-23)38(33,34)29-19-25(36-3)12-13-28(29)37-4/h5-13,18-19,23H,14-17,20H2,1-4H3. The molecule has 2 heterocycles. The summed E-state index contributed by atoms with van der Waals surface area (Å²) in [7, 11) is 0.966. The van der Waals surface area contributed by atoms with E-state index in [2.05, 4.69) is 47.9 Å². The summed E-state index contributed by atoms with van der Waals surface area (Å²) in [6.45, 7) is 3.82. The Morgan fingerprint density at radius 3 is 2.26 bits per heavy atom. The van der Waals surface area contributed by atoms with Crippen LogP contribution in [0.15, 0.2) is 71.6 Å². The Labute approximate surface area is 224 Å². The van der Waals surface area contributed by atoms with Gasteiger partial charge in [-0.1, -0.05) is 30.3 Å². The predicted molar refractivity (Wildman–Crippen MR) is 149 cm³/mol. The molecule has 0 N–H and O–H groups in total. The van der Waals surface area contributed by atoms with Crippen molar-refractivity contribution in [2.24, 2.45) is 0 Å². The highest BCUT2D eigenvalue weighted by Gasteiger charge is 2.34. The number of sulfonamides is 1. The third-order valence-corrected chi connectivity index (χ3v) is 9.53. The third-order valence-electron chi connectivity index (χ3n) is 7.61.